The van der Waals surface area contributed by atoms with Gasteiger partial charge in [0.05, 0.1) is 5.69 Å². The predicted molar refractivity (Wildman–Crippen MR) is 80.8 cm³/mol. The zero-order chi connectivity index (χ0) is 14.8. The van der Waals surface area contributed by atoms with E-state index in [0.717, 1.165) is 10.6 Å². The standard InChI is InChI=1S/C12H16N4O2S2/c1-4-13-11-10(6-5-7-14-11)20(17,18)16-12-15-8(2)9(3)19-12/h5-7H,4H2,1-3H3,(H,13,14)(H,15,16). The topological polar surface area (TPSA) is 84.0 Å². The van der Waals surface area contributed by atoms with Crippen LogP contribution in [0.2, 0.25) is 0 Å². The van der Waals surface area contributed by atoms with Crippen LogP contribution in [0.25, 0.3) is 0 Å². The average Bonchev–Trinajstić information content (AvgIpc) is 2.68. The number of hydrogen-bond donors (Lipinski definition) is 2. The maximum Gasteiger partial charge on any atom is 0.267 e. The van der Waals surface area contributed by atoms with E-state index in [4.69, 9.17) is 0 Å². The summed E-state index contributed by atoms with van der Waals surface area (Å²) in [5, 5.41) is 3.30. The minimum absolute atomic E-state index is 0.118. The Morgan fingerprint density at radius 2 is 2.10 bits per heavy atom. The van der Waals surface area contributed by atoms with E-state index >= 15 is 0 Å². The summed E-state index contributed by atoms with van der Waals surface area (Å²) in [4.78, 5) is 9.34. The number of sulfonamides is 1. The van der Waals surface area contributed by atoms with Gasteiger partial charge in [-0.15, -0.1) is 11.3 Å². The largest absolute Gasteiger partial charge is 0.369 e. The fraction of sp³-hybridized carbons (Fsp3) is 0.333. The van der Waals surface area contributed by atoms with E-state index in [0.29, 0.717) is 17.5 Å². The van der Waals surface area contributed by atoms with E-state index in [9.17, 15) is 8.42 Å². The van der Waals surface area contributed by atoms with Gasteiger partial charge in [-0.25, -0.2) is 18.4 Å². The molecule has 0 aliphatic rings. The molecule has 6 nitrogen and oxygen atoms in total. The third-order valence-electron chi connectivity index (χ3n) is 2.65. The molecule has 2 rings (SSSR count). The first kappa shape index (κ1) is 14.7. The lowest BCUT2D eigenvalue weighted by Gasteiger charge is -2.10. The van der Waals surface area contributed by atoms with Crippen LogP contribution < -0.4 is 10.0 Å². The maximum atomic E-state index is 12.4. The van der Waals surface area contributed by atoms with Gasteiger partial charge < -0.3 is 5.32 Å². The molecule has 0 unspecified atom stereocenters. The van der Waals surface area contributed by atoms with Gasteiger partial charge in [-0.1, -0.05) is 0 Å². The monoisotopic (exact) mass is 312 g/mol. The molecule has 0 aliphatic carbocycles. The smallest absolute Gasteiger partial charge is 0.267 e. The van der Waals surface area contributed by atoms with Crippen molar-refractivity contribution < 1.29 is 8.42 Å². The number of pyridine rings is 1. The molecule has 8 heteroatoms. The molecular formula is C12H16N4O2S2. The normalized spacial score (nSPS) is 11.3. The second kappa shape index (κ2) is 5.76. The quantitative estimate of drug-likeness (QED) is 0.885. The van der Waals surface area contributed by atoms with Crippen LogP contribution in [0.1, 0.15) is 17.5 Å². The number of hydrogen-bond acceptors (Lipinski definition) is 6. The molecule has 0 bridgehead atoms. The molecule has 0 aromatic carbocycles. The fourth-order valence-electron chi connectivity index (χ4n) is 1.59. The van der Waals surface area contributed by atoms with Crippen molar-refractivity contribution in [2.45, 2.75) is 25.7 Å². The Hall–Kier alpha value is -1.67. The van der Waals surface area contributed by atoms with Crippen LogP contribution in [0.4, 0.5) is 10.9 Å². The van der Waals surface area contributed by atoms with Gasteiger partial charge in [0.25, 0.3) is 10.0 Å². The molecule has 2 N–H and O–H groups in total. The van der Waals surface area contributed by atoms with Crippen LogP contribution in [0, 0.1) is 13.8 Å². The number of aromatic nitrogens is 2. The lowest BCUT2D eigenvalue weighted by atomic mass is 10.4. The molecule has 0 saturated carbocycles. The SMILES string of the molecule is CCNc1ncccc1S(=O)(=O)Nc1nc(C)c(C)s1. The average molecular weight is 312 g/mol. The first-order valence-electron chi connectivity index (χ1n) is 6.09. The van der Waals surface area contributed by atoms with Crippen molar-refractivity contribution in [1.29, 1.82) is 0 Å². The summed E-state index contributed by atoms with van der Waals surface area (Å²) in [7, 11) is -3.70. The zero-order valence-corrected chi connectivity index (χ0v) is 13.1. The number of thiazole rings is 1. The van der Waals surface area contributed by atoms with Crippen LogP contribution in [0.5, 0.6) is 0 Å². The van der Waals surface area contributed by atoms with Crippen molar-refractivity contribution in [3.8, 4) is 0 Å². The summed E-state index contributed by atoms with van der Waals surface area (Å²) >= 11 is 1.31. The van der Waals surface area contributed by atoms with Crippen molar-refractivity contribution in [1.82, 2.24) is 9.97 Å². The highest BCUT2D eigenvalue weighted by Gasteiger charge is 2.20. The van der Waals surface area contributed by atoms with Gasteiger partial charge in [0.2, 0.25) is 0 Å². The summed E-state index contributed by atoms with van der Waals surface area (Å²) in [6.45, 7) is 6.22. The van der Waals surface area contributed by atoms with Crippen LogP contribution >= 0.6 is 11.3 Å². The molecule has 0 amide bonds. The van der Waals surface area contributed by atoms with E-state index in [1.807, 2.05) is 20.8 Å². The highest BCUT2D eigenvalue weighted by molar-refractivity contribution is 7.93. The Morgan fingerprint density at radius 3 is 2.70 bits per heavy atom. The highest BCUT2D eigenvalue weighted by atomic mass is 32.2. The zero-order valence-electron chi connectivity index (χ0n) is 11.5. The molecule has 2 heterocycles. The molecule has 0 fully saturated rings. The molecule has 0 aliphatic heterocycles. The lowest BCUT2D eigenvalue weighted by Crippen LogP contribution is -2.16. The minimum Gasteiger partial charge on any atom is -0.369 e. The highest BCUT2D eigenvalue weighted by Crippen LogP contribution is 2.26. The molecule has 0 spiro atoms. The van der Waals surface area contributed by atoms with Crippen molar-refractivity contribution in [3.05, 3.63) is 28.9 Å². The number of nitrogens with zero attached hydrogens (tertiary/aromatic N) is 2. The van der Waals surface area contributed by atoms with Gasteiger partial charge in [0.15, 0.2) is 5.13 Å². The molecule has 2 aromatic rings. The van der Waals surface area contributed by atoms with Crippen LogP contribution in [-0.4, -0.2) is 24.9 Å². The lowest BCUT2D eigenvalue weighted by molar-refractivity contribution is 0.601. The Morgan fingerprint density at radius 1 is 1.35 bits per heavy atom. The minimum atomic E-state index is -3.70. The summed E-state index contributed by atoms with van der Waals surface area (Å²) in [5.41, 5.74) is 0.825. The van der Waals surface area contributed by atoms with Crippen molar-refractivity contribution in [2.24, 2.45) is 0 Å². The van der Waals surface area contributed by atoms with Crippen LogP contribution in [0.15, 0.2) is 23.2 Å². The molecule has 2 aromatic heterocycles. The van der Waals surface area contributed by atoms with Crippen molar-refractivity contribution >= 4 is 32.3 Å². The van der Waals surface area contributed by atoms with Gasteiger partial charge in [-0.05, 0) is 32.9 Å². The molecule has 20 heavy (non-hydrogen) atoms. The van der Waals surface area contributed by atoms with Gasteiger partial charge in [-0.3, -0.25) is 4.72 Å². The summed E-state index contributed by atoms with van der Waals surface area (Å²) in [5.74, 6) is 0.340. The summed E-state index contributed by atoms with van der Waals surface area (Å²) < 4.78 is 27.3. The number of aryl methyl sites for hydroxylation is 2. The second-order valence-corrected chi connectivity index (χ2v) is 7.00. The Balaban J connectivity index is 2.35. The number of anilines is 2. The first-order valence-corrected chi connectivity index (χ1v) is 8.39. The van der Waals surface area contributed by atoms with E-state index in [2.05, 4.69) is 20.0 Å². The van der Waals surface area contributed by atoms with Gasteiger partial charge >= 0.3 is 0 Å². The molecule has 0 atom stereocenters. The van der Waals surface area contributed by atoms with Gasteiger partial charge in [-0.2, -0.15) is 0 Å². The van der Waals surface area contributed by atoms with E-state index in [1.165, 1.54) is 17.4 Å². The van der Waals surface area contributed by atoms with E-state index in [-0.39, 0.29) is 4.90 Å². The molecular weight excluding hydrogens is 296 g/mol. The number of nitrogens with one attached hydrogen (secondary N) is 2. The Bertz CT molecular complexity index is 690. The Labute approximate surface area is 122 Å². The van der Waals surface area contributed by atoms with E-state index in [1.54, 1.807) is 12.3 Å². The summed E-state index contributed by atoms with van der Waals surface area (Å²) in [6.07, 6.45) is 1.55. The van der Waals surface area contributed by atoms with Crippen LogP contribution in [0.3, 0.4) is 0 Å². The van der Waals surface area contributed by atoms with Crippen molar-refractivity contribution in [2.75, 3.05) is 16.6 Å². The second-order valence-electron chi connectivity index (χ2n) is 4.15. The summed E-state index contributed by atoms with van der Waals surface area (Å²) in [6, 6.07) is 3.11. The molecule has 0 radical (unpaired) electrons. The third kappa shape index (κ3) is 3.07. The molecule has 108 valence electrons. The predicted octanol–water partition coefficient (Wildman–Crippen LogP) is 2.39. The first-order chi connectivity index (χ1) is 9.44. The van der Waals surface area contributed by atoms with Crippen molar-refractivity contribution in [3.63, 3.8) is 0 Å². The maximum absolute atomic E-state index is 12.4. The third-order valence-corrected chi connectivity index (χ3v) is 5.14. The van der Waals surface area contributed by atoms with Gasteiger partial charge in [0, 0.05) is 17.6 Å². The Kier molecular flexibility index (Phi) is 4.24. The van der Waals surface area contributed by atoms with Crippen LogP contribution in [-0.2, 0) is 10.0 Å². The molecule has 0 saturated heterocycles. The van der Waals surface area contributed by atoms with Gasteiger partial charge in [0.1, 0.15) is 10.7 Å². The number of rotatable bonds is 5. The van der Waals surface area contributed by atoms with E-state index < -0.39 is 10.0 Å². The fourth-order valence-corrected chi connectivity index (χ4v) is 3.78.